The summed E-state index contributed by atoms with van der Waals surface area (Å²) in [6.45, 7) is 4.46. The average molecular weight is 467 g/mol. The number of carboxylic acid groups (broad SMARTS) is 1. The number of carbonyl (C=O) groups excluding carboxylic acids is 1. The zero-order chi connectivity index (χ0) is 24.4. The molecule has 0 aromatic heterocycles. The lowest BCUT2D eigenvalue weighted by Gasteiger charge is -2.16. The SMILES string of the molecule is CCCCCCC/C=C\CCCCCCCC(=O)OC(CCCCCCCCC)CC(=O)O. The molecule has 0 radical (unpaired) electrons. The van der Waals surface area contributed by atoms with Gasteiger partial charge < -0.3 is 9.84 Å². The van der Waals surface area contributed by atoms with Crippen LogP contribution in [0.25, 0.3) is 0 Å². The number of unbranched alkanes of at least 4 members (excludes halogenated alkanes) is 16. The Balaban J connectivity index is 3.70. The van der Waals surface area contributed by atoms with Gasteiger partial charge in [0.2, 0.25) is 0 Å². The normalized spacial score (nSPS) is 12.3. The van der Waals surface area contributed by atoms with E-state index in [1.54, 1.807) is 0 Å². The predicted octanol–water partition coefficient (Wildman–Crippen LogP) is 9.16. The Morgan fingerprint density at radius 1 is 0.667 bits per heavy atom. The zero-order valence-corrected chi connectivity index (χ0v) is 22.0. The molecule has 0 spiro atoms. The standard InChI is InChI=1S/C29H54O4/c1-3-5-7-9-11-12-13-14-15-16-17-19-21-23-25-29(32)33-27(26-28(30)31)24-22-20-18-10-8-6-4-2/h13-14,27H,3-12,15-26H2,1-2H3,(H,30,31)/b14-13-. The molecule has 0 rings (SSSR count). The Bertz CT molecular complexity index is 472. The Labute approximate surface area is 204 Å². The Hall–Kier alpha value is -1.32. The van der Waals surface area contributed by atoms with E-state index in [9.17, 15) is 9.59 Å². The molecule has 0 heterocycles. The summed E-state index contributed by atoms with van der Waals surface area (Å²) >= 11 is 0. The Morgan fingerprint density at radius 3 is 1.64 bits per heavy atom. The minimum Gasteiger partial charge on any atom is -0.481 e. The van der Waals surface area contributed by atoms with Crippen LogP contribution in [0, 0.1) is 0 Å². The van der Waals surface area contributed by atoms with E-state index < -0.39 is 12.1 Å². The van der Waals surface area contributed by atoms with E-state index in [4.69, 9.17) is 9.84 Å². The minimum atomic E-state index is -0.888. The van der Waals surface area contributed by atoms with E-state index >= 15 is 0 Å². The number of rotatable bonds is 25. The molecule has 0 amide bonds. The predicted molar refractivity (Wildman–Crippen MR) is 140 cm³/mol. The molecule has 33 heavy (non-hydrogen) atoms. The van der Waals surface area contributed by atoms with Crippen molar-refractivity contribution in [1.29, 1.82) is 0 Å². The van der Waals surface area contributed by atoms with Gasteiger partial charge >= 0.3 is 11.9 Å². The van der Waals surface area contributed by atoms with Crippen molar-refractivity contribution in [3.8, 4) is 0 Å². The largest absolute Gasteiger partial charge is 0.481 e. The fourth-order valence-electron chi connectivity index (χ4n) is 4.13. The summed E-state index contributed by atoms with van der Waals surface area (Å²) in [7, 11) is 0. The van der Waals surface area contributed by atoms with Crippen molar-refractivity contribution < 1.29 is 19.4 Å². The van der Waals surface area contributed by atoms with Gasteiger partial charge in [0.1, 0.15) is 6.10 Å². The van der Waals surface area contributed by atoms with Crippen molar-refractivity contribution in [2.24, 2.45) is 0 Å². The molecular formula is C29H54O4. The molecule has 0 aromatic rings. The van der Waals surface area contributed by atoms with Gasteiger partial charge in [-0.15, -0.1) is 0 Å². The number of hydrogen-bond acceptors (Lipinski definition) is 3. The van der Waals surface area contributed by atoms with Crippen molar-refractivity contribution in [3.05, 3.63) is 12.2 Å². The van der Waals surface area contributed by atoms with Gasteiger partial charge in [0.05, 0.1) is 6.42 Å². The molecule has 0 saturated carbocycles. The molecule has 0 saturated heterocycles. The van der Waals surface area contributed by atoms with Crippen LogP contribution in [0.2, 0.25) is 0 Å². The Morgan fingerprint density at radius 2 is 1.12 bits per heavy atom. The molecule has 0 aliphatic rings. The topological polar surface area (TPSA) is 63.6 Å². The van der Waals surface area contributed by atoms with E-state index in [1.165, 1.54) is 83.5 Å². The molecule has 194 valence electrons. The molecular weight excluding hydrogens is 412 g/mol. The molecule has 4 nitrogen and oxygen atoms in total. The second-order valence-electron chi connectivity index (χ2n) is 9.60. The summed E-state index contributed by atoms with van der Waals surface area (Å²) in [6, 6.07) is 0. The highest BCUT2D eigenvalue weighted by Crippen LogP contribution is 2.15. The van der Waals surface area contributed by atoms with Crippen LogP contribution in [0.5, 0.6) is 0 Å². The lowest BCUT2D eigenvalue weighted by molar-refractivity contribution is -0.153. The second kappa shape index (κ2) is 25.3. The third-order valence-corrected chi connectivity index (χ3v) is 6.22. The van der Waals surface area contributed by atoms with Crippen LogP contribution in [0.1, 0.15) is 155 Å². The summed E-state index contributed by atoms with van der Waals surface area (Å²) in [5.74, 6) is -1.12. The fraction of sp³-hybridized carbons (Fsp3) is 0.862. The van der Waals surface area contributed by atoms with Gasteiger partial charge in [-0.05, 0) is 44.9 Å². The molecule has 4 heteroatoms. The summed E-state index contributed by atoms with van der Waals surface area (Å²) in [5, 5.41) is 9.11. The first-order chi connectivity index (χ1) is 16.1. The maximum atomic E-state index is 12.1. The lowest BCUT2D eigenvalue weighted by Crippen LogP contribution is -2.21. The molecule has 1 atom stereocenters. The minimum absolute atomic E-state index is 0.0756. The molecule has 0 aliphatic heterocycles. The number of carbonyl (C=O) groups is 2. The number of ether oxygens (including phenoxy) is 1. The third-order valence-electron chi connectivity index (χ3n) is 6.22. The summed E-state index contributed by atoms with van der Waals surface area (Å²) in [4.78, 5) is 23.2. The highest BCUT2D eigenvalue weighted by atomic mass is 16.5. The quantitative estimate of drug-likeness (QED) is 0.0827. The van der Waals surface area contributed by atoms with Crippen LogP contribution >= 0.6 is 0 Å². The van der Waals surface area contributed by atoms with E-state index in [-0.39, 0.29) is 12.4 Å². The fourth-order valence-corrected chi connectivity index (χ4v) is 4.13. The maximum absolute atomic E-state index is 12.1. The lowest BCUT2D eigenvalue weighted by atomic mass is 10.0. The number of hydrogen-bond donors (Lipinski definition) is 1. The highest BCUT2D eigenvalue weighted by molar-refractivity contribution is 5.71. The second-order valence-corrected chi connectivity index (χ2v) is 9.60. The molecule has 0 bridgehead atoms. The van der Waals surface area contributed by atoms with Crippen LogP contribution in [-0.4, -0.2) is 23.1 Å². The Kier molecular flexibility index (Phi) is 24.3. The van der Waals surface area contributed by atoms with Crippen molar-refractivity contribution in [1.82, 2.24) is 0 Å². The van der Waals surface area contributed by atoms with Crippen LogP contribution in [-0.2, 0) is 14.3 Å². The van der Waals surface area contributed by atoms with Gasteiger partial charge in [-0.2, -0.15) is 0 Å². The van der Waals surface area contributed by atoms with Crippen molar-refractivity contribution in [2.75, 3.05) is 0 Å². The number of aliphatic carboxylic acids is 1. The van der Waals surface area contributed by atoms with E-state index in [1.807, 2.05) is 0 Å². The molecule has 0 fully saturated rings. The van der Waals surface area contributed by atoms with Crippen molar-refractivity contribution >= 4 is 11.9 Å². The van der Waals surface area contributed by atoms with E-state index in [0.717, 1.165) is 38.5 Å². The van der Waals surface area contributed by atoms with Gasteiger partial charge in [-0.25, -0.2) is 0 Å². The number of esters is 1. The summed E-state index contributed by atoms with van der Waals surface area (Å²) in [6.07, 6.45) is 28.0. The van der Waals surface area contributed by atoms with Gasteiger partial charge in [0.25, 0.3) is 0 Å². The van der Waals surface area contributed by atoms with Crippen molar-refractivity contribution in [3.63, 3.8) is 0 Å². The number of allylic oxidation sites excluding steroid dienone is 2. The zero-order valence-electron chi connectivity index (χ0n) is 22.0. The maximum Gasteiger partial charge on any atom is 0.307 e. The third kappa shape index (κ3) is 25.1. The van der Waals surface area contributed by atoms with Crippen LogP contribution in [0.3, 0.4) is 0 Å². The van der Waals surface area contributed by atoms with Crippen LogP contribution < -0.4 is 0 Å². The smallest absolute Gasteiger partial charge is 0.307 e. The van der Waals surface area contributed by atoms with Crippen molar-refractivity contribution in [2.45, 2.75) is 161 Å². The van der Waals surface area contributed by atoms with Crippen LogP contribution in [0.4, 0.5) is 0 Å². The molecule has 1 N–H and O–H groups in total. The monoisotopic (exact) mass is 466 g/mol. The number of carboxylic acids is 1. The van der Waals surface area contributed by atoms with Gasteiger partial charge in [-0.3, -0.25) is 9.59 Å². The van der Waals surface area contributed by atoms with Gasteiger partial charge in [-0.1, -0.05) is 109 Å². The first-order valence-corrected chi connectivity index (χ1v) is 14.2. The van der Waals surface area contributed by atoms with Gasteiger partial charge in [0, 0.05) is 6.42 Å². The van der Waals surface area contributed by atoms with E-state index in [2.05, 4.69) is 26.0 Å². The van der Waals surface area contributed by atoms with Crippen LogP contribution in [0.15, 0.2) is 12.2 Å². The highest BCUT2D eigenvalue weighted by Gasteiger charge is 2.17. The summed E-state index contributed by atoms with van der Waals surface area (Å²) < 4.78 is 5.49. The summed E-state index contributed by atoms with van der Waals surface area (Å²) in [5.41, 5.74) is 0. The molecule has 0 aromatic carbocycles. The molecule has 0 aliphatic carbocycles. The first-order valence-electron chi connectivity index (χ1n) is 14.2. The van der Waals surface area contributed by atoms with E-state index in [0.29, 0.717) is 12.8 Å². The van der Waals surface area contributed by atoms with Gasteiger partial charge in [0.15, 0.2) is 0 Å². The average Bonchev–Trinajstić information content (AvgIpc) is 2.78. The molecule has 1 unspecified atom stereocenters. The first kappa shape index (κ1) is 31.7.